The van der Waals surface area contributed by atoms with Crippen LogP contribution in [0.15, 0.2) is 30.3 Å². The van der Waals surface area contributed by atoms with Crippen molar-refractivity contribution in [1.29, 1.82) is 0 Å². The van der Waals surface area contributed by atoms with E-state index in [1.807, 2.05) is 18.2 Å². The maximum atomic E-state index is 11.0. The summed E-state index contributed by atoms with van der Waals surface area (Å²) in [6, 6.07) is 10.4. The van der Waals surface area contributed by atoms with Gasteiger partial charge < -0.3 is 10.8 Å². The Labute approximate surface area is 108 Å². The van der Waals surface area contributed by atoms with Crippen molar-refractivity contribution in [2.24, 2.45) is 17.1 Å². The second-order valence-electron chi connectivity index (χ2n) is 5.68. The highest BCUT2D eigenvalue weighted by Crippen LogP contribution is 2.51. The quantitative estimate of drug-likeness (QED) is 0.859. The third-order valence-corrected chi connectivity index (χ3v) is 4.28. The average molecular weight is 247 g/mol. The van der Waals surface area contributed by atoms with Gasteiger partial charge in [-0.2, -0.15) is 0 Å². The van der Waals surface area contributed by atoms with E-state index in [0.717, 1.165) is 12.8 Å². The van der Waals surface area contributed by atoms with Crippen LogP contribution in [0.1, 0.15) is 37.7 Å². The first-order chi connectivity index (χ1) is 8.56. The van der Waals surface area contributed by atoms with Crippen LogP contribution < -0.4 is 5.73 Å². The smallest absolute Gasteiger partial charge is 0.303 e. The van der Waals surface area contributed by atoms with Crippen molar-refractivity contribution >= 4 is 5.97 Å². The zero-order chi connectivity index (χ0) is 13.2. The van der Waals surface area contributed by atoms with Crippen molar-refractivity contribution in [2.45, 2.75) is 32.1 Å². The summed E-state index contributed by atoms with van der Waals surface area (Å²) in [6.45, 7) is 2.67. The van der Waals surface area contributed by atoms with Gasteiger partial charge in [0.15, 0.2) is 0 Å². The van der Waals surface area contributed by atoms with Crippen LogP contribution in [-0.4, -0.2) is 17.6 Å². The van der Waals surface area contributed by atoms with E-state index in [1.165, 1.54) is 5.56 Å². The molecule has 3 N–H and O–H groups in total. The Bertz CT molecular complexity index is 418. The highest BCUT2D eigenvalue weighted by molar-refractivity contribution is 5.68. The third-order valence-electron chi connectivity index (χ3n) is 4.28. The highest BCUT2D eigenvalue weighted by Gasteiger charge is 2.44. The van der Waals surface area contributed by atoms with Crippen molar-refractivity contribution in [1.82, 2.24) is 0 Å². The summed E-state index contributed by atoms with van der Waals surface area (Å²) in [5.74, 6) is 0.200. The lowest BCUT2D eigenvalue weighted by atomic mass is 9.81. The molecule has 0 saturated heterocycles. The molecule has 3 heteroatoms. The fourth-order valence-electron chi connectivity index (χ4n) is 3.43. The van der Waals surface area contributed by atoms with Crippen molar-refractivity contribution in [3.8, 4) is 0 Å². The van der Waals surface area contributed by atoms with E-state index in [4.69, 9.17) is 10.8 Å². The molecule has 3 nitrogen and oxygen atoms in total. The van der Waals surface area contributed by atoms with Crippen molar-refractivity contribution in [3.63, 3.8) is 0 Å². The predicted molar refractivity (Wildman–Crippen MR) is 71.3 cm³/mol. The Morgan fingerprint density at radius 2 is 2.06 bits per heavy atom. The molecule has 2 rings (SSSR count). The van der Waals surface area contributed by atoms with Gasteiger partial charge in [0.25, 0.3) is 0 Å². The number of hydrogen-bond acceptors (Lipinski definition) is 2. The van der Waals surface area contributed by atoms with E-state index < -0.39 is 5.97 Å². The minimum atomic E-state index is -0.735. The van der Waals surface area contributed by atoms with E-state index in [0.29, 0.717) is 18.4 Å². The summed E-state index contributed by atoms with van der Waals surface area (Å²) in [6.07, 6.45) is 1.99. The Morgan fingerprint density at radius 1 is 1.39 bits per heavy atom. The molecule has 1 aliphatic rings. The molecule has 0 unspecified atom stereocenters. The van der Waals surface area contributed by atoms with Crippen LogP contribution in [0.3, 0.4) is 0 Å². The van der Waals surface area contributed by atoms with Crippen LogP contribution in [0.4, 0.5) is 0 Å². The Hall–Kier alpha value is -1.35. The summed E-state index contributed by atoms with van der Waals surface area (Å²) in [5, 5.41) is 9.06. The van der Waals surface area contributed by atoms with Gasteiger partial charge in [-0.1, -0.05) is 37.3 Å². The lowest BCUT2D eigenvalue weighted by Crippen LogP contribution is -2.30. The van der Waals surface area contributed by atoms with Gasteiger partial charge in [-0.3, -0.25) is 4.79 Å². The zero-order valence-electron chi connectivity index (χ0n) is 10.8. The van der Waals surface area contributed by atoms with Crippen molar-refractivity contribution in [2.75, 3.05) is 6.54 Å². The average Bonchev–Trinajstić information content (AvgIpc) is 2.67. The molecule has 1 aromatic carbocycles. The fourth-order valence-corrected chi connectivity index (χ4v) is 3.43. The normalized spacial score (nSPS) is 31.4. The van der Waals surface area contributed by atoms with Crippen LogP contribution in [0.25, 0.3) is 0 Å². The van der Waals surface area contributed by atoms with Gasteiger partial charge in [-0.15, -0.1) is 0 Å². The minimum absolute atomic E-state index is 0.192. The summed E-state index contributed by atoms with van der Waals surface area (Å²) >= 11 is 0. The van der Waals surface area contributed by atoms with Crippen LogP contribution in [0.5, 0.6) is 0 Å². The largest absolute Gasteiger partial charge is 0.481 e. The molecule has 3 atom stereocenters. The van der Waals surface area contributed by atoms with E-state index in [9.17, 15) is 4.79 Å². The molecule has 0 radical (unpaired) electrons. The maximum Gasteiger partial charge on any atom is 0.303 e. The number of aliphatic carboxylic acids is 1. The molecule has 18 heavy (non-hydrogen) atoms. The van der Waals surface area contributed by atoms with E-state index in [-0.39, 0.29) is 11.8 Å². The maximum absolute atomic E-state index is 11.0. The topological polar surface area (TPSA) is 63.3 Å². The van der Waals surface area contributed by atoms with Gasteiger partial charge in [-0.25, -0.2) is 0 Å². The first kappa shape index (κ1) is 13.1. The van der Waals surface area contributed by atoms with Crippen LogP contribution in [0.2, 0.25) is 0 Å². The number of hydrogen-bond donors (Lipinski definition) is 2. The van der Waals surface area contributed by atoms with Gasteiger partial charge in [0.1, 0.15) is 0 Å². The first-order valence-corrected chi connectivity index (χ1v) is 6.53. The Kier molecular flexibility index (Phi) is 3.71. The lowest BCUT2D eigenvalue weighted by molar-refractivity contribution is -0.139. The molecular weight excluding hydrogens is 226 g/mol. The molecular formula is C15H21NO2. The number of nitrogens with two attached hydrogens (primary N) is 1. The second kappa shape index (κ2) is 5.11. The molecule has 1 saturated carbocycles. The molecule has 1 aromatic rings. The SMILES string of the molecule is C[C@@H]1C[C@](CN)(CC(=O)O)C[C@@H]1c1ccccc1. The molecule has 0 aliphatic heterocycles. The number of carbonyl (C=O) groups is 1. The molecule has 0 heterocycles. The minimum Gasteiger partial charge on any atom is -0.481 e. The molecule has 1 fully saturated rings. The van der Waals surface area contributed by atoms with Gasteiger partial charge in [0.05, 0.1) is 6.42 Å². The van der Waals surface area contributed by atoms with Gasteiger partial charge in [-0.05, 0) is 42.2 Å². The molecule has 98 valence electrons. The standard InChI is InChI=1S/C15H21NO2/c1-11-7-15(10-16,9-14(17)18)8-13(11)12-5-3-2-4-6-12/h2-6,11,13H,7-10,16H2,1H3,(H,17,18)/t11-,13+,15-/m1/s1. The summed E-state index contributed by atoms with van der Waals surface area (Å²) < 4.78 is 0. The molecule has 0 aromatic heterocycles. The Balaban J connectivity index is 2.19. The van der Waals surface area contributed by atoms with Crippen LogP contribution >= 0.6 is 0 Å². The summed E-state index contributed by atoms with van der Waals surface area (Å²) in [4.78, 5) is 11.0. The third kappa shape index (κ3) is 2.56. The van der Waals surface area contributed by atoms with E-state index >= 15 is 0 Å². The summed E-state index contributed by atoms with van der Waals surface area (Å²) in [7, 11) is 0. The molecule has 0 spiro atoms. The number of benzene rings is 1. The van der Waals surface area contributed by atoms with E-state index in [1.54, 1.807) is 0 Å². The lowest BCUT2D eigenvalue weighted by Gasteiger charge is -2.25. The highest BCUT2D eigenvalue weighted by atomic mass is 16.4. The first-order valence-electron chi connectivity index (χ1n) is 6.53. The van der Waals surface area contributed by atoms with E-state index in [2.05, 4.69) is 19.1 Å². The number of carboxylic acid groups (broad SMARTS) is 1. The second-order valence-corrected chi connectivity index (χ2v) is 5.68. The molecule has 1 aliphatic carbocycles. The van der Waals surface area contributed by atoms with Gasteiger partial charge >= 0.3 is 5.97 Å². The zero-order valence-corrected chi connectivity index (χ0v) is 10.8. The van der Waals surface area contributed by atoms with Crippen molar-refractivity contribution < 1.29 is 9.90 Å². The molecule has 0 bridgehead atoms. The Morgan fingerprint density at radius 3 is 2.61 bits per heavy atom. The number of carboxylic acids is 1. The predicted octanol–water partition coefficient (Wildman–Crippen LogP) is 2.62. The molecule has 0 amide bonds. The van der Waals surface area contributed by atoms with Crippen LogP contribution in [-0.2, 0) is 4.79 Å². The van der Waals surface area contributed by atoms with Gasteiger partial charge in [0.2, 0.25) is 0 Å². The van der Waals surface area contributed by atoms with Crippen LogP contribution in [0, 0.1) is 11.3 Å². The fraction of sp³-hybridized carbons (Fsp3) is 0.533. The van der Waals surface area contributed by atoms with Gasteiger partial charge in [0, 0.05) is 0 Å². The monoisotopic (exact) mass is 247 g/mol. The number of rotatable bonds is 4. The summed E-state index contributed by atoms with van der Waals surface area (Å²) in [5.41, 5.74) is 6.95. The van der Waals surface area contributed by atoms with Crippen molar-refractivity contribution in [3.05, 3.63) is 35.9 Å².